The Hall–Kier alpha value is -2.21. The summed E-state index contributed by atoms with van der Waals surface area (Å²) in [6, 6.07) is 14.7. The Balaban J connectivity index is 0.00000243. The van der Waals surface area contributed by atoms with E-state index in [2.05, 4.69) is 61.9 Å². The maximum Gasteiger partial charge on any atom is 0.135 e. The molecule has 2 aromatic rings. The van der Waals surface area contributed by atoms with E-state index in [1.165, 1.54) is 11.1 Å². The monoisotopic (exact) mass is 367 g/mol. The highest BCUT2D eigenvalue weighted by Crippen LogP contribution is 2.40. The molecular formula is C23H26ClNO. The molecule has 1 aliphatic heterocycles. The molecule has 0 amide bonds. The molecule has 3 rings (SSSR count). The van der Waals surface area contributed by atoms with Gasteiger partial charge in [-0.15, -0.1) is 18.8 Å². The molecule has 0 bridgehead atoms. The summed E-state index contributed by atoms with van der Waals surface area (Å²) in [5.74, 6) is 4.51. The van der Waals surface area contributed by atoms with E-state index in [0.717, 1.165) is 29.2 Å². The second-order valence-electron chi connectivity index (χ2n) is 7.65. The number of nitrogens with zero attached hydrogens (tertiary/aromatic N) is 1. The quantitative estimate of drug-likeness (QED) is 0.653. The van der Waals surface area contributed by atoms with Crippen LogP contribution in [0.5, 0.6) is 11.5 Å². The third-order valence-corrected chi connectivity index (χ3v) is 4.46. The van der Waals surface area contributed by atoms with Crippen molar-refractivity contribution in [3.8, 4) is 23.8 Å². The van der Waals surface area contributed by atoms with E-state index in [4.69, 9.17) is 11.2 Å². The van der Waals surface area contributed by atoms with Crippen molar-refractivity contribution in [2.45, 2.75) is 26.2 Å². The van der Waals surface area contributed by atoms with E-state index in [1.54, 1.807) is 0 Å². The van der Waals surface area contributed by atoms with Crippen LogP contribution in [0, 0.1) is 12.3 Å². The summed E-state index contributed by atoms with van der Waals surface area (Å²) in [4.78, 5) is 2.15. The normalized spacial score (nSPS) is 12.7. The highest BCUT2D eigenvalue weighted by atomic mass is 35.5. The van der Waals surface area contributed by atoms with Gasteiger partial charge < -0.3 is 4.74 Å². The number of halogens is 1. The van der Waals surface area contributed by atoms with Crippen molar-refractivity contribution in [2.75, 3.05) is 20.1 Å². The van der Waals surface area contributed by atoms with Gasteiger partial charge in [-0.1, -0.05) is 51.0 Å². The number of ether oxygens (including phenoxy) is 1. The van der Waals surface area contributed by atoms with Gasteiger partial charge in [0.1, 0.15) is 11.5 Å². The SMILES string of the molecule is C#CCN(C)CC1=Cc2ccccc2Oc2ccc(C(C)(C)C)cc21.Cl. The lowest BCUT2D eigenvalue weighted by atomic mass is 9.85. The number of benzene rings is 2. The fourth-order valence-corrected chi connectivity index (χ4v) is 3.05. The average Bonchev–Trinajstić information content (AvgIpc) is 2.70. The summed E-state index contributed by atoms with van der Waals surface area (Å²) in [5.41, 5.74) is 4.85. The molecule has 2 nitrogen and oxygen atoms in total. The van der Waals surface area contributed by atoms with Gasteiger partial charge >= 0.3 is 0 Å². The molecule has 1 aliphatic rings. The first-order valence-corrected chi connectivity index (χ1v) is 8.63. The average molecular weight is 368 g/mol. The molecule has 0 unspecified atom stereocenters. The molecule has 0 saturated heterocycles. The van der Waals surface area contributed by atoms with E-state index in [-0.39, 0.29) is 17.8 Å². The zero-order valence-electron chi connectivity index (χ0n) is 15.9. The van der Waals surface area contributed by atoms with Crippen LogP contribution >= 0.6 is 12.4 Å². The van der Waals surface area contributed by atoms with E-state index < -0.39 is 0 Å². The minimum Gasteiger partial charge on any atom is -0.456 e. The lowest BCUT2D eigenvalue weighted by Crippen LogP contribution is -2.21. The lowest BCUT2D eigenvalue weighted by Gasteiger charge is -2.23. The van der Waals surface area contributed by atoms with Gasteiger partial charge in [-0.05, 0) is 47.9 Å². The fourth-order valence-electron chi connectivity index (χ4n) is 3.05. The summed E-state index contributed by atoms with van der Waals surface area (Å²) >= 11 is 0. The highest BCUT2D eigenvalue weighted by molar-refractivity contribution is 5.88. The summed E-state index contributed by atoms with van der Waals surface area (Å²) in [5, 5.41) is 0. The van der Waals surface area contributed by atoms with Crippen molar-refractivity contribution in [2.24, 2.45) is 0 Å². The molecule has 3 heteroatoms. The van der Waals surface area contributed by atoms with Gasteiger partial charge in [0.2, 0.25) is 0 Å². The highest BCUT2D eigenvalue weighted by Gasteiger charge is 2.21. The number of hydrogen-bond acceptors (Lipinski definition) is 2. The first-order valence-electron chi connectivity index (χ1n) is 8.63. The zero-order chi connectivity index (χ0) is 18.0. The maximum absolute atomic E-state index is 6.23. The van der Waals surface area contributed by atoms with Crippen molar-refractivity contribution in [1.82, 2.24) is 4.90 Å². The second kappa shape index (κ2) is 7.99. The van der Waals surface area contributed by atoms with Crippen LogP contribution < -0.4 is 4.74 Å². The summed E-state index contributed by atoms with van der Waals surface area (Å²) < 4.78 is 6.23. The molecule has 26 heavy (non-hydrogen) atoms. The number of likely N-dealkylation sites (N-methyl/N-ethyl adjacent to an activating group) is 1. The second-order valence-corrected chi connectivity index (χ2v) is 7.65. The Labute approximate surface area is 163 Å². The Morgan fingerprint density at radius 2 is 1.81 bits per heavy atom. The molecule has 0 radical (unpaired) electrons. The molecule has 0 aromatic heterocycles. The Bertz CT molecular complexity index is 855. The Kier molecular flexibility index (Phi) is 6.18. The fraction of sp³-hybridized carbons (Fsp3) is 0.304. The summed E-state index contributed by atoms with van der Waals surface area (Å²) in [6.07, 6.45) is 7.70. The van der Waals surface area contributed by atoms with Crippen molar-refractivity contribution >= 4 is 24.1 Å². The van der Waals surface area contributed by atoms with Gasteiger partial charge in [0.05, 0.1) is 6.54 Å². The maximum atomic E-state index is 6.23. The van der Waals surface area contributed by atoms with Crippen LogP contribution in [0.3, 0.4) is 0 Å². The van der Waals surface area contributed by atoms with Crippen LogP contribution in [-0.2, 0) is 5.41 Å². The third kappa shape index (κ3) is 4.30. The number of fused-ring (bicyclic) bond motifs is 2. The van der Waals surface area contributed by atoms with Crippen LogP contribution in [0.4, 0.5) is 0 Å². The van der Waals surface area contributed by atoms with Crippen molar-refractivity contribution in [1.29, 1.82) is 0 Å². The first kappa shape index (κ1) is 20.1. The molecule has 136 valence electrons. The van der Waals surface area contributed by atoms with E-state index in [0.29, 0.717) is 6.54 Å². The minimum atomic E-state index is 0. The summed E-state index contributed by atoms with van der Waals surface area (Å²) in [6.45, 7) is 8.09. The predicted octanol–water partition coefficient (Wildman–Crippen LogP) is 5.62. The molecule has 0 atom stereocenters. The molecule has 0 N–H and O–H groups in total. The summed E-state index contributed by atoms with van der Waals surface area (Å²) in [7, 11) is 2.05. The standard InChI is InChI=1S/C23H25NO.ClH/c1-6-13-24(5)16-18-14-17-9-7-8-10-21(17)25-22-12-11-19(15-20(18)22)23(2,3)4;/h1,7-12,14-15H,13,16H2,2-5H3;1H. The number of terminal acetylenes is 1. The molecular weight excluding hydrogens is 342 g/mol. The van der Waals surface area contributed by atoms with E-state index in [1.807, 2.05) is 25.2 Å². The van der Waals surface area contributed by atoms with Crippen LogP contribution in [0.1, 0.15) is 37.5 Å². The van der Waals surface area contributed by atoms with Gasteiger partial charge in [0, 0.05) is 17.7 Å². The molecule has 0 spiro atoms. The zero-order valence-corrected chi connectivity index (χ0v) is 16.7. The van der Waals surface area contributed by atoms with Gasteiger partial charge in [-0.2, -0.15) is 0 Å². The molecule has 1 heterocycles. The van der Waals surface area contributed by atoms with Crippen molar-refractivity contribution < 1.29 is 4.74 Å². The molecule has 0 fully saturated rings. The Morgan fingerprint density at radius 1 is 1.08 bits per heavy atom. The van der Waals surface area contributed by atoms with E-state index in [9.17, 15) is 0 Å². The van der Waals surface area contributed by atoms with Gasteiger partial charge in [0.25, 0.3) is 0 Å². The van der Waals surface area contributed by atoms with Gasteiger partial charge in [-0.3, -0.25) is 4.90 Å². The predicted molar refractivity (Wildman–Crippen MR) is 113 cm³/mol. The smallest absolute Gasteiger partial charge is 0.135 e. The number of rotatable bonds is 3. The van der Waals surface area contributed by atoms with Crippen LogP contribution in [0.25, 0.3) is 11.6 Å². The molecule has 0 aliphatic carbocycles. The third-order valence-electron chi connectivity index (χ3n) is 4.46. The van der Waals surface area contributed by atoms with Crippen molar-refractivity contribution in [3.05, 3.63) is 59.2 Å². The topological polar surface area (TPSA) is 12.5 Å². The largest absolute Gasteiger partial charge is 0.456 e. The number of para-hydroxylation sites is 1. The van der Waals surface area contributed by atoms with Gasteiger partial charge in [0.15, 0.2) is 0 Å². The van der Waals surface area contributed by atoms with Crippen LogP contribution in [-0.4, -0.2) is 25.0 Å². The lowest BCUT2D eigenvalue weighted by molar-refractivity contribution is 0.424. The van der Waals surface area contributed by atoms with Crippen molar-refractivity contribution in [3.63, 3.8) is 0 Å². The number of hydrogen-bond donors (Lipinski definition) is 0. The Morgan fingerprint density at radius 3 is 2.50 bits per heavy atom. The molecule has 2 aromatic carbocycles. The van der Waals surface area contributed by atoms with Gasteiger partial charge in [-0.25, -0.2) is 0 Å². The molecule has 0 saturated carbocycles. The van der Waals surface area contributed by atoms with E-state index >= 15 is 0 Å². The minimum absolute atomic E-state index is 0. The van der Waals surface area contributed by atoms with Crippen LogP contribution in [0.2, 0.25) is 0 Å². The van der Waals surface area contributed by atoms with Crippen LogP contribution in [0.15, 0.2) is 42.5 Å². The first-order chi connectivity index (χ1) is 11.9.